The summed E-state index contributed by atoms with van der Waals surface area (Å²) in [5, 5.41) is 9.51. The van der Waals surface area contributed by atoms with Gasteiger partial charge in [-0.15, -0.1) is 0 Å². The summed E-state index contributed by atoms with van der Waals surface area (Å²) in [6.45, 7) is 0. The summed E-state index contributed by atoms with van der Waals surface area (Å²) in [5.41, 5.74) is 2.14. The Balaban J connectivity index is 2.07. The maximum atomic E-state index is 12.2. The van der Waals surface area contributed by atoms with E-state index in [1.165, 1.54) is 12.0 Å². The number of likely N-dealkylation sites (tertiary alicyclic amines) is 1. The number of methoxy groups -OCH3 is 2. The van der Waals surface area contributed by atoms with Crippen molar-refractivity contribution in [1.29, 1.82) is 0 Å². The van der Waals surface area contributed by atoms with Crippen LogP contribution in [0.4, 0.5) is 4.79 Å². The van der Waals surface area contributed by atoms with Gasteiger partial charge in [0.25, 0.3) is 0 Å². The van der Waals surface area contributed by atoms with Gasteiger partial charge in [0.2, 0.25) is 0 Å². The Morgan fingerprint density at radius 1 is 1.30 bits per heavy atom. The second kappa shape index (κ2) is 6.10. The molecule has 0 radical (unpaired) electrons. The van der Waals surface area contributed by atoms with Crippen molar-refractivity contribution in [2.24, 2.45) is 5.92 Å². The maximum Gasteiger partial charge on any atom is 0.410 e. The summed E-state index contributed by atoms with van der Waals surface area (Å²) in [4.78, 5) is 25.3. The number of rotatable bonds is 2. The zero-order valence-electron chi connectivity index (χ0n) is 13.3. The third kappa shape index (κ3) is 2.62. The minimum Gasteiger partial charge on any atom is -0.497 e. The molecular weight excluding hydrogens is 298 g/mol. The molecule has 1 aliphatic heterocycles. The molecule has 1 saturated heterocycles. The fourth-order valence-electron chi connectivity index (χ4n) is 3.96. The lowest BCUT2D eigenvalue weighted by Gasteiger charge is -2.29. The number of nitrogens with zero attached hydrogens (tertiary/aromatic N) is 1. The number of carboxylic acid groups (broad SMARTS) is 1. The highest BCUT2D eigenvalue weighted by Crippen LogP contribution is 2.47. The highest BCUT2D eigenvalue weighted by atomic mass is 16.5. The van der Waals surface area contributed by atoms with Crippen LogP contribution in [0.1, 0.15) is 36.4 Å². The SMILES string of the molecule is COC(=O)N1[C@@H]2c3ccc(OC)cc3CCC[C@@H]2C[C@H]1C(=O)O. The average Bonchev–Trinajstić information content (AvgIpc) is 2.84. The van der Waals surface area contributed by atoms with E-state index in [2.05, 4.69) is 0 Å². The molecule has 6 nitrogen and oxygen atoms in total. The normalized spacial score (nSPS) is 26.0. The quantitative estimate of drug-likeness (QED) is 0.907. The van der Waals surface area contributed by atoms with E-state index < -0.39 is 18.1 Å². The summed E-state index contributed by atoms with van der Waals surface area (Å²) in [7, 11) is 2.91. The molecule has 1 heterocycles. The van der Waals surface area contributed by atoms with E-state index in [9.17, 15) is 14.7 Å². The molecule has 3 atom stereocenters. The van der Waals surface area contributed by atoms with Crippen LogP contribution in [-0.2, 0) is 16.0 Å². The maximum absolute atomic E-state index is 12.2. The van der Waals surface area contributed by atoms with E-state index in [-0.39, 0.29) is 12.0 Å². The summed E-state index contributed by atoms with van der Waals surface area (Å²) in [6.07, 6.45) is 2.68. The van der Waals surface area contributed by atoms with E-state index in [4.69, 9.17) is 9.47 Å². The fourth-order valence-corrected chi connectivity index (χ4v) is 3.96. The number of hydrogen-bond donors (Lipinski definition) is 1. The first-order valence-electron chi connectivity index (χ1n) is 7.82. The minimum atomic E-state index is -0.974. The van der Waals surface area contributed by atoms with Crippen molar-refractivity contribution in [2.45, 2.75) is 37.8 Å². The molecule has 0 bridgehead atoms. The smallest absolute Gasteiger partial charge is 0.410 e. The Bertz CT molecular complexity index is 629. The molecule has 1 aliphatic carbocycles. The van der Waals surface area contributed by atoms with Crippen LogP contribution < -0.4 is 4.74 Å². The first-order chi connectivity index (χ1) is 11.1. The number of amides is 1. The van der Waals surface area contributed by atoms with Gasteiger partial charge >= 0.3 is 12.1 Å². The van der Waals surface area contributed by atoms with E-state index in [1.54, 1.807) is 7.11 Å². The van der Waals surface area contributed by atoms with Crippen molar-refractivity contribution in [3.63, 3.8) is 0 Å². The summed E-state index contributed by atoms with van der Waals surface area (Å²) in [5.74, 6) is -0.0528. The van der Waals surface area contributed by atoms with Crippen LogP contribution in [0.5, 0.6) is 5.75 Å². The molecule has 0 aromatic heterocycles. The lowest BCUT2D eigenvalue weighted by atomic mass is 9.91. The number of ether oxygens (including phenoxy) is 2. The van der Waals surface area contributed by atoms with Gasteiger partial charge in [-0.25, -0.2) is 9.59 Å². The van der Waals surface area contributed by atoms with E-state index >= 15 is 0 Å². The van der Waals surface area contributed by atoms with Crippen LogP contribution in [0.3, 0.4) is 0 Å². The van der Waals surface area contributed by atoms with Crippen molar-refractivity contribution in [3.8, 4) is 5.75 Å². The number of hydrogen-bond acceptors (Lipinski definition) is 4. The largest absolute Gasteiger partial charge is 0.497 e. The van der Waals surface area contributed by atoms with Crippen LogP contribution in [-0.4, -0.2) is 42.3 Å². The van der Waals surface area contributed by atoms with Crippen molar-refractivity contribution in [2.75, 3.05) is 14.2 Å². The number of benzene rings is 1. The topological polar surface area (TPSA) is 76.1 Å². The molecule has 1 aromatic carbocycles. The molecule has 1 amide bonds. The Hall–Kier alpha value is -2.24. The molecule has 23 heavy (non-hydrogen) atoms. The molecular formula is C17H21NO5. The monoisotopic (exact) mass is 319 g/mol. The van der Waals surface area contributed by atoms with Gasteiger partial charge in [0.05, 0.1) is 20.3 Å². The number of carbonyl (C=O) groups is 2. The predicted molar refractivity (Wildman–Crippen MR) is 82.4 cm³/mol. The average molecular weight is 319 g/mol. The lowest BCUT2D eigenvalue weighted by molar-refractivity contribution is -0.142. The van der Waals surface area contributed by atoms with E-state index in [0.29, 0.717) is 6.42 Å². The highest BCUT2D eigenvalue weighted by Gasteiger charge is 2.49. The number of carbonyl (C=O) groups excluding carboxylic acids is 1. The molecule has 2 aliphatic rings. The number of aliphatic carboxylic acids is 1. The summed E-state index contributed by atoms with van der Waals surface area (Å²) < 4.78 is 10.2. The summed E-state index contributed by atoms with van der Waals surface area (Å²) >= 11 is 0. The van der Waals surface area contributed by atoms with Crippen LogP contribution in [0, 0.1) is 5.92 Å². The minimum absolute atomic E-state index is 0.143. The van der Waals surface area contributed by atoms with Crippen LogP contribution >= 0.6 is 0 Å². The van der Waals surface area contributed by atoms with Gasteiger partial charge in [-0.2, -0.15) is 0 Å². The van der Waals surface area contributed by atoms with Gasteiger partial charge in [0, 0.05) is 0 Å². The van der Waals surface area contributed by atoms with Gasteiger partial charge in [-0.3, -0.25) is 4.90 Å². The molecule has 1 aromatic rings. The molecule has 0 unspecified atom stereocenters. The molecule has 0 saturated carbocycles. The van der Waals surface area contributed by atoms with E-state index in [0.717, 1.165) is 36.1 Å². The number of aryl methyl sites for hydroxylation is 1. The third-order valence-electron chi connectivity index (χ3n) is 4.97. The first-order valence-corrected chi connectivity index (χ1v) is 7.82. The molecule has 1 N–H and O–H groups in total. The molecule has 0 spiro atoms. The van der Waals surface area contributed by atoms with Crippen molar-refractivity contribution in [3.05, 3.63) is 29.3 Å². The summed E-state index contributed by atoms with van der Waals surface area (Å²) in [6, 6.07) is 4.74. The zero-order chi connectivity index (χ0) is 16.6. The van der Waals surface area contributed by atoms with Crippen molar-refractivity contribution in [1.82, 2.24) is 4.90 Å². The van der Waals surface area contributed by atoms with Crippen LogP contribution in [0.25, 0.3) is 0 Å². The van der Waals surface area contributed by atoms with Gasteiger partial charge in [0.1, 0.15) is 11.8 Å². The van der Waals surface area contributed by atoms with E-state index in [1.807, 2.05) is 18.2 Å². The van der Waals surface area contributed by atoms with Crippen molar-refractivity contribution < 1.29 is 24.2 Å². The van der Waals surface area contributed by atoms with Gasteiger partial charge in [0.15, 0.2) is 0 Å². The second-order valence-corrected chi connectivity index (χ2v) is 6.13. The molecule has 1 fully saturated rings. The first kappa shape index (κ1) is 15.6. The van der Waals surface area contributed by atoms with Gasteiger partial charge < -0.3 is 14.6 Å². The van der Waals surface area contributed by atoms with Gasteiger partial charge in [-0.1, -0.05) is 6.07 Å². The molecule has 3 rings (SSSR count). The molecule has 124 valence electrons. The van der Waals surface area contributed by atoms with Crippen LogP contribution in [0.2, 0.25) is 0 Å². The standard InChI is InChI=1S/C17H21NO5/c1-22-12-6-7-13-10(8-12)4-3-5-11-9-14(16(19)20)18(15(11)13)17(21)23-2/h6-8,11,14-15H,3-5,9H2,1-2H3,(H,19,20)/t11-,14+,15+/m1/s1. The van der Waals surface area contributed by atoms with Crippen molar-refractivity contribution >= 4 is 12.1 Å². The highest BCUT2D eigenvalue weighted by molar-refractivity contribution is 5.81. The predicted octanol–water partition coefficient (Wildman–Crippen LogP) is 2.61. The Morgan fingerprint density at radius 2 is 2.09 bits per heavy atom. The Kier molecular flexibility index (Phi) is 4.15. The Morgan fingerprint density at radius 3 is 2.74 bits per heavy atom. The van der Waals surface area contributed by atoms with Crippen LogP contribution in [0.15, 0.2) is 18.2 Å². The molecule has 6 heteroatoms. The Labute approximate surface area is 135 Å². The number of fused-ring (bicyclic) bond motifs is 3. The third-order valence-corrected chi connectivity index (χ3v) is 4.97. The second-order valence-electron chi connectivity index (χ2n) is 6.13. The zero-order valence-corrected chi connectivity index (χ0v) is 13.3. The van der Waals surface area contributed by atoms with Gasteiger partial charge in [-0.05, 0) is 54.9 Å². The fraction of sp³-hybridized carbons (Fsp3) is 0.529. The number of carboxylic acids is 1. The lowest BCUT2D eigenvalue weighted by Crippen LogP contribution is -2.42.